The summed E-state index contributed by atoms with van der Waals surface area (Å²) >= 11 is 5.95. The van der Waals surface area contributed by atoms with Crippen LogP contribution < -0.4 is 0 Å². The molecule has 1 atom stereocenters. The maximum atomic E-state index is 6.16. The Morgan fingerprint density at radius 2 is 2.00 bits per heavy atom. The Bertz CT molecular complexity index is 446. The summed E-state index contributed by atoms with van der Waals surface area (Å²) in [4.78, 5) is 4.92. The van der Waals surface area contributed by atoms with Gasteiger partial charge in [-0.1, -0.05) is 23.7 Å². The molecule has 0 aromatic heterocycles. The number of nitrogens with zero attached hydrogens (tertiary/aromatic N) is 2. The highest BCUT2D eigenvalue weighted by Gasteiger charge is 2.39. The molecule has 2 fully saturated rings. The van der Waals surface area contributed by atoms with Crippen LogP contribution in [0.2, 0.25) is 5.02 Å². The van der Waals surface area contributed by atoms with Gasteiger partial charge in [-0.2, -0.15) is 0 Å². The molecule has 3 nitrogen and oxygen atoms in total. The number of halogens is 1. The fraction of sp³-hybridized carbons (Fsp3) is 0.625. The van der Waals surface area contributed by atoms with Crippen molar-refractivity contribution in [3.05, 3.63) is 34.9 Å². The van der Waals surface area contributed by atoms with E-state index in [1.165, 1.54) is 18.4 Å². The van der Waals surface area contributed by atoms with E-state index in [-0.39, 0.29) is 5.60 Å². The van der Waals surface area contributed by atoms with Gasteiger partial charge in [0.15, 0.2) is 0 Å². The molecule has 2 aliphatic rings. The van der Waals surface area contributed by atoms with Crippen molar-refractivity contribution in [1.82, 2.24) is 9.80 Å². The first kappa shape index (κ1) is 14.3. The van der Waals surface area contributed by atoms with Gasteiger partial charge in [0.05, 0.1) is 12.2 Å². The third kappa shape index (κ3) is 3.34. The number of likely N-dealkylation sites (N-methyl/N-ethyl adjacent to an activating group) is 1. The second kappa shape index (κ2) is 6.02. The fourth-order valence-electron chi connectivity index (χ4n) is 3.45. The Labute approximate surface area is 126 Å². The number of likely N-dealkylation sites (tertiary alicyclic amines) is 1. The van der Waals surface area contributed by atoms with E-state index in [1.54, 1.807) is 0 Å². The Morgan fingerprint density at radius 3 is 2.75 bits per heavy atom. The normalized spacial score (nSPS) is 28.9. The monoisotopic (exact) mass is 294 g/mol. The van der Waals surface area contributed by atoms with E-state index in [4.69, 9.17) is 16.3 Å². The second-order valence-corrected chi connectivity index (χ2v) is 6.65. The van der Waals surface area contributed by atoms with E-state index in [9.17, 15) is 0 Å². The van der Waals surface area contributed by atoms with Crippen molar-refractivity contribution in [2.75, 3.05) is 39.8 Å². The molecule has 0 radical (unpaired) electrons. The third-order valence-electron chi connectivity index (χ3n) is 4.38. The Balaban J connectivity index is 1.64. The summed E-state index contributed by atoms with van der Waals surface area (Å²) in [5, 5.41) is 0.807. The first-order valence-electron chi connectivity index (χ1n) is 7.45. The predicted octanol–water partition coefficient (Wildman–Crippen LogP) is 2.64. The lowest BCUT2D eigenvalue weighted by molar-refractivity contribution is -0.136. The Morgan fingerprint density at radius 1 is 1.20 bits per heavy atom. The minimum absolute atomic E-state index is 0.0532. The van der Waals surface area contributed by atoms with Gasteiger partial charge >= 0.3 is 0 Å². The van der Waals surface area contributed by atoms with Crippen molar-refractivity contribution in [3.63, 3.8) is 0 Å². The SMILES string of the molecule is CN1CCOC2(CCCN(Cc3ccc(Cl)cc3)C2)C1. The molecular formula is C16H23ClN2O. The van der Waals surface area contributed by atoms with Crippen LogP contribution >= 0.6 is 11.6 Å². The number of hydrogen-bond donors (Lipinski definition) is 0. The quantitative estimate of drug-likeness (QED) is 0.834. The molecule has 1 aromatic rings. The van der Waals surface area contributed by atoms with E-state index in [0.29, 0.717) is 0 Å². The van der Waals surface area contributed by atoms with Crippen molar-refractivity contribution in [3.8, 4) is 0 Å². The van der Waals surface area contributed by atoms with Crippen LogP contribution in [0.25, 0.3) is 0 Å². The largest absolute Gasteiger partial charge is 0.371 e. The zero-order valence-electron chi connectivity index (χ0n) is 12.1. The van der Waals surface area contributed by atoms with Gasteiger partial charge in [0.1, 0.15) is 0 Å². The molecule has 0 saturated carbocycles. The van der Waals surface area contributed by atoms with E-state index in [2.05, 4.69) is 29.0 Å². The van der Waals surface area contributed by atoms with Crippen LogP contribution in [0.15, 0.2) is 24.3 Å². The van der Waals surface area contributed by atoms with Crippen LogP contribution in [0.3, 0.4) is 0 Å². The first-order chi connectivity index (χ1) is 9.65. The maximum Gasteiger partial charge on any atom is 0.0935 e. The van der Waals surface area contributed by atoms with Crippen LogP contribution in [0.5, 0.6) is 0 Å². The zero-order chi connectivity index (χ0) is 14.0. The van der Waals surface area contributed by atoms with Crippen LogP contribution in [0.4, 0.5) is 0 Å². The Hall–Kier alpha value is -0.610. The van der Waals surface area contributed by atoms with Crippen LogP contribution in [-0.2, 0) is 11.3 Å². The van der Waals surface area contributed by atoms with Gasteiger partial charge < -0.3 is 9.64 Å². The van der Waals surface area contributed by atoms with Gasteiger partial charge in [0.2, 0.25) is 0 Å². The van der Waals surface area contributed by atoms with Crippen molar-refractivity contribution < 1.29 is 4.74 Å². The molecule has 1 unspecified atom stereocenters. The molecule has 1 spiro atoms. The summed E-state index contributed by atoms with van der Waals surface area (Å²) in [5.41, 5.74) is 1.38. The number of rotatable bonds is 2. The van der Waals surface area contributed by atoms with Crippen molar-refractivity contribution in [2.24, 2.45) is 0 Å². The van der Waals surface area contributed by atoms with Crippen LogP contribution in [0, 0.1) is 0 Å². The maximum absolute atomic E-state index is 6.16. The molecule has 2 saturated heterocycles. The van der Waals surface area contributed by atoms with Crippen molar-refractivity contribution >= 4 is 11.6 Å². The Kier molecular flexibility index (Phi) is 4.32. The molecule has 0 bridgehead atoms. The average Bonchev–Trinajstić information content (AvgIpc) is 2.41. The number of ether oxygens (including phenoxy) is 1. The molecule has 0 aliphatic carbocycles. The lowest BCUT2D eigenvalue weighted by Gasteiger charge is -2.47. The molecule has 2 aliphatic heterocycles. The molecule has 20 heavy (non-hydrogen) atoms. The molecular weight excluding hydrogens is 272 g/mol. The summed E-state index contributed by atoms with van der Waals surface area (Å²) in [7, 11) is 2.20. The highest BCUT2D eigenvalue weighted by Crippen LogP contribution is 2.29. The molecule has 1 aromatic carbocycles. The van der Waals surface area contributed by atoms with Gasteiger partial charge in [-0.15, -0.1) is 0 Å². The minimum Gasteiger partial charge on any atom is -0.371 e. The van der Waals surface area contributed by atoms with E-state index >= 15 is 0 Å². The smallest absolute Gasteiger partial charge is 0.0935 e. The molecule has 110 valence electrons. The van der Waals surface area contributed by atoms with Gasteiger partial charge in [-0.05, 0) is 44.1 Å². The first-order valence-corrected chi connectivity index (χ1v) is 7.82. The van der Waals surface area contributed by atoms with Crippen LogP contribution in [-0.4, -0.2) is 55.2 Å². The standard InChI is InChI=1S/C16H23ClN2O/c1-18-9-10-20-16(12-18)7-2-8-19(13-16)11-14-3-5-15(17)6-4-14/h3-6H,2,7-13H2,1H3. The fourth-order valence-corrected chi connectivity index (χ4v) is 3.58. The third-order valence-corrected chi connectivity index (χ3v) is 4.63. The molecule has 2 heterocycles. The lowest BCUT2D eigenvalue weighted by atomic mass is 9.90. The summed E-state index contributed by atoms with van der Waals surface area (Å²) < 4.78 is 6.16. The highest BCUT2D eigenvalue weighted by molar-refractivity contribution is 6.30. The molecule has 0 N–H and O–H groups in total. The van der Waals surface area contributed by atoms with Gasteiger partial charge in [0, 0.05) is 31.2 Å². The summed E-state index contributed by atoms with van der Waals surface area (Å²) in [6, 6.07) is 8.19. The summed E-state index contributed by atoms with van der Waals surface area (Å²) in [6.45, 7) is 6.18. The van der Waals surface area contributed by atoms with Gasteiger partial charge in [0.25, 0.3) is 0 Å². The highest BCUT2D eigenvalue weighted by atomic mass is 35.5. The minimum atomic E-state index is 0.0532. The second-order valence-electron chi connectivity index (χ2n) is 6.21. The summed E-state index contributed by atoms with van der Waals surface area (Å²) in [5.74, 6) is 0. The topological polar surface area (TPSA) is 15.7 Å². The number of morpholine rings is 1. The lowest BCUT2D eigenvalue weighted by Crippen LogP contribution is -2.58. The molecule has 3 rings (SSSR count). The van der Waals surface area contributed by atoms with Gasteiger partial charge in [-0.25, -0.2) is 0 Å². The predicted molar refractivity (Wildman–Crippen MR) is 82.1 cm³/mol. The van der Waals surface area contributed by atoms with E-state index < -0.39 is 0 Å². The average molecular weight is 295 g/mol. The van der Waals surface area contributed by atoms with Gasteiger partial charge in [-0.3, -0.25) is 4.90 Å². The molecule has 0 amide bonds. The van der Waals surface area contributed by atoms with E-state index in [1.807, 2.05) is 12.1 Å². The van der Waals surface area contributed by atoms with E-state index in [0.717, 1.165) is 44.4 Å². The number of benzene rings is 1. The number of piperidine rings is 1. The van der Waals surface area contributed by atoms with Crippen LogP contribution in [0.1, 0.15) is 18.4 Å². The van der Waals surface area contributed by atoms with Crippen molar-refractivity contribution in [2.45, 2.75) is 25.0 Å². The number of hydrogen-bond acceptors (Lipinski definition) is 3. The zero-order valence-corrected chi connectivity index (χ0v) is 12.9. The summed E-state index contributed by atoms with van der Waals surface area (Å²) in [6.07, 6.45) is 2.41. The molecule has 4 heteroatoms. The van der Waals surface area contributed by atoms with Crippen molar-refractivity contribution in [1.29, 1.82) is 0 Å².